The number of amides is 1. The quantitative estimate of drug-likeness (QED) is 0.514. The number of carbonyl (C=O) groups excluding carboxylic acids is 1. The Bertz CT molecular complexity index is 1220. The molecule has 2 aliphatic rings. The number of morpholine rings is 1. The number of nitrogens with one attached hydrogen (secondary N) is 1. The van der Waals surface area contributed by atoms with Crippen LogP contribution >= 0.6 is 11.3 Å². The summed E-state index contributed by atoms with van der Waals surface area (Å²) in [7, 11) is 1.85. The van der Waals surface area contributed by atoms with Crippen molar-refractivity contribution in [3.05, 3.63) is 28.8 Å². The number of thiophene rings is 1. The molecule has 36 heavy (non-hydrogen) atoms. The average molecular weight is 512 g/mol. The van der Waals surface area contributed by atoms with Gasteiger partial charge in [0.25, 0.3) is 5.91 Å². The van der Waals surface area contributed by atoms with E-state index in [0.717, 1.165) is 60.1 Å². The molecule has 0 spiro atoms. The van der Waals surface area contributed by atoms with E-state index < -0.39 is 6.10 Å². The lowest BCUT2D eigenvalue weighted by Crippen LogP contribution is -2.50. The average Bonchev–Trinajstić information content (AvgIpc) is 3.23. The van der Waals surface area contributed by atoms with Crippen molar-refractivity contribution in [3.8, 4) is 11.4 Å². The number of nitrogens with zero attached hydrogens (tertiary/aromatic N) is 6. The van der Waals surface area contributed by atoms with E-state index >= 15 is 0 Å². The molecule has 5 rings (SSSR count). The van der Waals surface area contributed by atoms with Crippen molar-refractivity contribution in [1.82, 2.24) is 24.8 Å². The number of aromatic nitrogens is 3. The van der Waals surface area contributed by atoms with Crippen molar-refractivity contribution >= 4 is 39.1 Å². The zero-order chi connectivity index (χ0) is 25.2. The Morgan fingerprint density at radius 2 is 1.92 bits per heavy atom. The highest BCUT2D eigenvalue weighted by Gasteiger charge is 2.26. The van der Waals surface area contributed by atoms with Crippen LogP contribution in [-0.4, -0.2) is 101 Å². The molecule has 3 aromatic heterocycles. The lowest BCUT2D eigenvalue weighted by atomic mass is 10.2. The van der Waals surface area contributed by atoms with Crippen molar-refractivity contribution in [1.29, 1.82) is 0 Å². The first kappa shape index (κ1) is 24.8. The number of fused-ring (bicyclic) bond motifs is 1. The van der Waals surface area contributed by atoms with Gasteiger partial charge in [-0.1, -0.05) is 0 Å². The molecular weight excluding hydrogens is 478 g/mol. The number of piperazine rings is 1. The van der Waals surface area contributed by atoms with Crippen molar-refractivity contribution in [3.63, 3.8) is 0 Å². The molecule has 1 amide bonds. The van der Waals surface area contributed by atoms with Crippen molar-refractivity contribution < 1.29 is 14.6 Å². The second-order valence-electron chi connectivity index (χ2n) is 9.26. The fourth-order valence-electron chi connectivity index (χ4n) is 4.66. The Balaban J connectivity index is 1.45. The molecule has 1 unspecified atom stereocenters. The van der Waals surface area contributed by atoms with Crippen LogP contribution in [0.25, 0.3) is 21.6 Å². The van der Waals surface area contributed by atoms with Gasteiger partial charge in [0, 0.05) is 69.5 Å². The summed E-state index contributed by atoms with van der Waals surface area (Å²) in [5.41, 5.74) is 3.05. The summed E-state index contributed by atoms with van der Waals surface area (Å²) < 4.78 is 6.70. The maximum absolute atomic E-state index is 12.1. The van der Waals surface area contributed by atoms with Crippen LogP contribution in [0, 0.1) is 6.92 Å². The number of pyridine rings is 1. The fourth-order valence-corrected chi connectivity index (χ4v) is 5.96. The Morgan fingerprint density at radius 3 is 2.56 bits per heavy atom. The molecule has 192 valence electrons. The van der Waals surface area contributed by atoms with Gasteiger partial charge in [-0.2, -0.15) is 0 Å². The van der Waals surface area contributed by atoms with E-state index in [0.29, 0.717) is 32.1 Å². The number of anilines is 2. The highest BCUT2D eigenvalue weighted by Crippen LogP contribution is 2.38. The normalized spacial score (nSPS) is 18.0. The second kappa shape index (κ2) is 10.6. The zero-order valence-electron chi connectivity index (χ0n) is 21.0. The Labute approximate surface area is 214 Å². The number of aryl methyl sites for hydroxylation is 1. The smallest absolute Gasteiger partial charge is 0.251 e. The molecule has 5 heterocycles. The van der Waals surface area contributed by atoms with Crippen LogP contribution in [0.1, 0.15) is 17.4 Å². The highest BCUT2D eigenvalue weighted by atomic mass is 32.1. The molecule has 0 saturated carbocycles. The van der Waals surface area contributed by atoms with Crippen LogP contribution in [0.2, 0.25) is 0 Å². The number of hydrogen-bond donors (Lipinski definition) is 2. The minimum absolute atomic E-state index is 0.192. The summed E-state index contributed by atoms with van der Waals surface area (Å²) in [6.07, 6.45) is 0.865. The van der Waals surface area contributed by atoms with Crippen LogP contribution in [0.3, 0.4) is 0 Å². The van der Waals surface area contributed by atoms with E-state index in [-0.39, 0.29) is 5.91 Å². The molecule has 2 saturated heterocycles. The molecule has 2 N–H and O–H groups in total. The van der Waals surface area contributed by atoms with Crippen molar-refractivity contribution in [2.75, 3.05) is 69.7 Å². The lowest BCUT2D eigenvalue weighted by molar-refractivity contribution is -0.141. The third-order valence-corrected chi connectivity index (χ3v) is 8.11. The topological polar surface area (TPSA) is 107 Å². The summed E-state index contributed by atoms with van der Waals surface area (Å²) in [4.78, 5) is 34.3. The zero-order valence-corrected chi connectivity index (χ0v) is 21.8. The van der Waals surface area contributed by atoms with E-state index in [9.17, 15) is 9.90 Å². The number of rotatable bonds is 6. The molecule has 11 heteroatoms. The predicted octanol–water partition coefficient (Wildman–Crippen LogP) is 1.97. The van der Waals surface area contributed by atoms with Crippen LogP contribution in [-0.2, 0) is 16.1 Å². The van der Waals surface area contributed by atoms with Gasteiger partial charge in [0.15, 0.2) is 11.6 Å². The maximum atomic E-state index is 12.1. The molecule has 0 aliphatic carbocycles. The monoisotopic (exact) mass is 511 g/mol. The number of aliphatic hydroxyl groups is 1. The molecule has 0 radical (unpaired) electrons. The Hall–Kier alpha value is -2.86. The molecule has 2 fully saturated rings. The maximum Gasteiger partial charge on any atom is 0.251 e. The molecule has 0 aromatic carbocycles. The van der Waals surface area contributed by atoms with E-state index in [1.807, 2.05) is 25.4 Å². The number of hydrogen-bond acceptors (Lipinski definition) is 10. The number of carbonyl (C=O) groups is 1. The highest BCUT2D eigenvalue weighted by molar-refractivity contribution is 7.19. The van der Waals surface area contributed by atoms with E-state index in [1.165, 1.54) is 17.4 Å². The third kappa shape index (κ3) is 5.01. The van der Waals surface area contributed by atoms with Gasteiger partial charge >= 0.3 is 0 Å². The third-order valence-electron chi connectivity index (χ3n) is 6.84. The number of aliphatic hydroxyl groups excluding tert-OH is 1. The lowest BCUT2D eigenvalue weighted by Gasteiger charge is -2.35. The minimum atomic E-state index is -0.947. The summed E-state index contributed by atoms with van der Waals surface area (Å²) in [6.45, 7) is 10.3. The molecule has 0 bridgehead atoms. The van der Waals surface area contributed by atoms with Crippen LogP contribution in [0.4, 0.5) is 11.6 Å². The summed E-state index contributed by atoms with van der Waals surface area (Å²) >= 11 is 1.76. The van der Waals surface area contributed by atoms with Gasteiger partial charge in [-0.05, 0) is 31.5 Å². The van der Waals surface area contributed by atoms with Crippen LogP contribution in [0.15, 0.2) is 18.3 Å². The molecule has 2 aliphatic heterocycles. The minimum Gasteiger partial charge on any atom is -0.384 e. The summed E-state index contributed by atoms with van der Waals surface area (Å²) in [5.74, 6) is 2.25. The van der Waals surface area contributed by atoms with Gasteiger partial charge in [-0.3, -0.25) is 9.69 Å². The second-order valence-corrected chi connectivity index (χ2v) is 10.4. The van der Waals surface area contributed by atoms with Gasteiger partial charge in [0.2, 0.25) is 0 Å². The van der Waals surface area contributed by atoms with Gasteiger partial charge in [0.05, 0.1) is 23.4 Å². The predicted molar refractivity (Wildman–Crippen MR) is 141 cm³/mol. The summed E-state index contributed by atoms with van der Waals surface area (Å²) in [5, 5.41) is 12.7. The first-order valence-corrected chi connectivity index (χ1v) is 13.2. The molecule has 3 aromatic rings. The first-order valence-electron chi connectivity index (χ1n) is 12.4. The Morgan fingerprint density at radius 1 is 1.17 bits per heavy atom. The van der Waals surface area contributed by atoms with Crippen LogP contribution in [0.5, 0.6) is 0 Å². The SMILES string of the molecule is CNc1ccc(-c2nc(N3CCOCC3)c3sc(CN4CCN(C(=O)C(C)O)CC4)c(C)c3n2)cn1. The van der Waals surface area contributed by atoms with Gasteiger partial charge in [0.1, 0.15) is 11.9 Å². The number of ether oxygens (including phenoxy) is 1. The Kier molecular flexibility index (Phi) is 7.33. The molecule has 10 nitrogen and oxygen atoms in total. The fraction of sp³-hybridized carbons (Fsp3) is 0.520. The molecule has 1 atom stereocenters. The largest absolute Gasteiger partial charge is 0.384 e. The summed E-state index contributed by atoms with van der Waals surface area (Å²) in [6, 6.07) is 3.94. The van der Waals surface area contributed by atoms with E-state index in [4.69, 9.17) is 14.7 Å². The molecular formula is C25H33N7O3S. The van der Waals surface area contributed by atoms with Gasteiger partial charge < -0.3 is 25.0 Å². The van der Waals surface area contributed by atoms with Gasteiger partial charge in [-0.15, -0.1) is 11.3 Å². The first-order chi connectivity index (χ1) is 17.4. The van der Waals surface area contributed by atoms with Crippen LogP contribution < -0.4 is 10.2 Å². The van der Waals surface area contributed by atoms with Crippen molar-refractivity contribution in [2.45, 2.75) is 26.5 Å². The van der Waals surface area contributed by atoms with Crippen molar-refractivity contribution in [2.24, 2.45) is 0 Å². The van der Waals surface area contributed by atoms with Gasteiger partial charge in [-0.25, -0.2) is 15.0 Å². The van der Waals surface area contributed by atoms with E-state index in [2.05, 4.69) is 27.0 Å². The van der Waals surface area contributed by atoms with E-state index in [1.54, 1.807) is 16.2 Å². The standard InChI is InChI=1S/C25H33N7O3S/c1-16-19(15-30-6-8-32(9-7-30)25(34)17(2)33)36-22-21(16)28-23(18-4-5-20(26-3)27-14-18)29-24(22)31-10-12-35-13-11-31/h4-5,14,17,33H,6-13,15H2,1-3H3,(H,26,27).